The Balaban J connectivity index is 3.00. The molecule has 1 rings (SSSR count). The van der Waals surface area contributed by atoms with Crippen LogP contribution in [0.4, 0.5) is 0 Å². The van der Waals surface area contributed by atoms with E-state index in [0.29, 0.717) is 5.92 Å². The summed E-state index contributed by atoms with van der Waals surface area (Å²) >= 11 is 0. The van der Waals surface area contributed by atoms with Crippen molar-refractivity contribution >= 4 is 0 Å². The van der Waals surface area contributed by atoms with E-state index < -0.39 is 0 Å². The van der Waals surface area contributed by atoms with Crippen molar-refractivity contribution in [2.45, 2.75) is 39.0 Å². The molecule has 0 radical (unpaired) electrons. The smallest absolute Gasteiger partial charge is 0.0527 e. The van der Waals surface area contributed by atoms with Gasteiger partial charge in [-0.25, -0.2) is 0 Å². The average Bonchev–Trinajstić information content (AvgIpc) is 2.27. The number of aliphatic hydroxyl groups excluding tert-OH is 1. The van der Waals surface area contributed by atoms with Gasteiger partial charge in [-0.2, -0.15) is 0 Å². The lowest BCUT2D eigenvalue weighted by Crippen LogP contribution is -2.31. The fourth-order valence-electron chi connectivity index (χ4n) is 2.31. The minimum absolute atomic E-state index is 0.0462. The van der Waals surface area contributed by atoms with Crippen molar-refractivity contribution in [3.8, 4) is 0 Å². The molecule has 0 aliphatic rings. The molecule has 0 heterocycles. The van der Waals surface area contributed by atoms with Gasteiger partial charge in [-0.15, -0.1) is 0 Å². The van der Waals surface area contributed by atoms with E-state index in [1.807, 2.05) is 6.07 Å². The van der Waals surface area contributed by atoms with Gasteiger partial charge < -0.3 is 5.11 Å². The quantitative estimate of drug-likeness (QED) is 0.783. The van der Waals surface area contributed by atoms with E-state index in [2.05, 4.69) is 45.0 Å². The minimum atomic E-state index is -0.0462. The van der Waals surface area contributed by atoms with Gasteiger partial charge in [-0.3, -0.25) is 0 Å². The van der Waals surface area contributed by atoms with E-state index >= 15 is 0 Å². The largest absolute Gasteiger partial charge is 0.395 e. The van der Waals surface area contributed by atoms with Gasteiger partial charge in [0.15, 0.2) is 0 Å². The Labute approximate surface area is 93.1 Å². The van der Waals surface area contributed by atoms with Crippen molar-refractivity contribution < 1.29 is 5.11 Å². The van der Waals surface area contributed by atoms with Crippen LogP contribution in [-0.2, 0) is 5.41 Å². The third kappa shape index (κ3) is 2.82. The molecular formula is C14H22O. The summed E-state index contributed by atoms with van der Waals surface area (Å²) in [5.74, 6) is 0.609. The predicted molar refractivity (Wildman–Crippen MR) is 65.0 cm³/mol. The summed E-state index contributed by atoms with van der Waals surface area (Å²) in [7, 11) is 0. The number of aliphatic hydroxyl groups is 1. The highest BCUT2D eigenvalue weighted by atomic mass is 16.3. The van der Waals surface area contributed by atoms with Crippen molar-refractivity contribution in [2.75, 3.05) is 6.61 Å². The van der Waals surface area contributed by atoms with E-state index in [-0.39, 0.29) is 12.0 Å². The molecule has 0 spiro atoms. The monoisotopic (exact) mass is 206 g/mol. The van der Waals surface area contributed by atoms with Gasteiger partial charge in [0.05, 0.1) is 6.61 Å². The molecule has 0 saturated carbocycles. The maximum atomic E-state index is 9.68. The van der Waals surface area contributed by atoms with Crippen molar-refractivity contribution in [3.63, 3.8) is 0 Å². The normalized spacial score (nSPS) is 15.3. The second-order valence-corrected chi connectivity index (χ2v) is 4.76. The number of rotatable bonds is 5. The van der Waals surface area contributed by atoms with E-state index in [4.69, 9.17) is 0 Å². The fourth-order valence-corrected chi connectivity index (χ4v) is 2.31. The second kappa shape index (κ2) is 5.32. The molecule has 15 heavy (non-hydrogen) atoms. The van der Waals surface area contributed by atoms with Crippen molar-refractivity contribution in [3.05, 3.63) is 35.9 Å². The molecule has 1 nitrogen and oxygen atoms in total. The van der Waals surface area contributed by atoms with Crippen LogP contribution < -0.4 is 0 Å². The fraction of sp³-hybridized carbons (Fsp3) is 0.571. The summed E-state index contributed by atoms with van der Waals surface area (Å²) in [5, 5.41) is 9.68. The van der Waals surface area contributed by atoms with Gasteiger partial charge in [-0.05, 0) is 24.3 Å². The molecule has 0 amide bonds. The highest BCUT2D eigenvalue weighted by Gasteiger charge is 2.30. The molecule has 0 bridgehead atoms. The lowest BCUT2D eigenvalue weighted by molar-refractivity contribution is 0.165. The summed E-state index contributed by atoms with van der Waals surface area (Å²) in [6.07, 6.45) is 2.04. The standard InChI is InChI=1S/C14H22O/c1-4-14(11-15,10-12(2)3)13-8-6-5-7-9-13/h5-9,12,15H,4,10-11H2,1-3H3. The van der Waals surface area contributed by atoms with Crippen molar-refractivity contribution in [1.29, 1.82) is 0 Å². The maximum Gasteiger partial charge on any atom is 0.0527 e. The Morgan fingerprint density at radius 1 is 1.20 bits per heavy atom. The Morgan fingerprint density at radius 3 is 2.20 bits per heavy atom. The minimum Gasteiger partial charge on any atom is -0.395 e. The number of benzene rings is 1. The zero-order valence-corrected chi connectivity index (χ0v) is 10.0. The van der Waals surface area contributed by atoms with Crippen molar-refractivity contribution in [2.24, 2.45) is 5.92 Å². The maximum absolute atomic E-state index is 9.68. The molecule has 1 aromatic rings. The van der Waals surface area contributed by atoms with Crippen LogP contribution in [0.3, 0.4) is 0 Å². The van der Waals surface area contributed by atoms with Gasteiger partial charge in [0.25, 0.3) is 0 Å². The third-order valence-corrected chi connectivity index (χ3v) is 3.16. The van der Waals surface area contributed by atoms with Crippen LogP contribution >= 0.6 is 0 Å². The summed E-state index contributed by atoms with van der Waals surface area (Å²) in [4.78, 5) is 0. The summed E-state index contributed by atoms with van der Waals surface area (Å²) in [6, 6.07) is 10.4. The molecule has 1 atom stereocenters. The average molecular weight is 206 g/mol. The molecule has 0 aliphatic heterocycles. The highest BCUT2D eigenvalue weighted by molar-refractivity contribution is 5.25. The molecular weight excluding hydrogens is 184 g/mol. The summed E-state index contributed by atoms with van der Waals surface area (Å²) in [6.45, 7) is 6.82. The Kier molecular flexibility index (Phi) is 4.34. The van der Waals surface area contributed by atoms with E-state index in [1.54, 1.807) is 0 Å². The Hall–Kier alpha value is -0.820. The van der Waals surface area contributed by atoms with Gasteiger partial charge >= 0.3 is 0 Å². The molecule has 84 valence electrons. The molecule has 1 aromatic carbocycles. The zero-order chi connectivity index (χ0) is 11.3. The first-order valence-corrected chi connectivity index (χ1v) is 5.81. The summed E-state index contributed by atoms with van der Waals surface area (Å²) in [5.41, 5.74) is 1.22. The van der Waals surface area contributed by atoms with Crippen molar-refractivity contribution in [1.82, 2.24) is 0 Å². The molecule has 0 fully saturated rings. The SMILES string of the molecule is CCC(CO)(CC(C)C)c1ccccc1. The topological polar surface area (TPSA) is 20.2 Å². The zero-order valence-electron chi connectivity index (χ0n) is 10.0. The van der Waals surface area contributed by atoms with Crippen LogP contribution in [0.1, 0.15) is 39.2 Å². The molecule has 1 unspecified atom stereocenters. The molecule has 0 saturated heterocycles. The molecule has 1 heteroatoms. The van der Waals surface area contributed by atoms with Crippen LogP contribution in [0, 0.1) is 5.92 Å². The van der Waals surface area contributed by atoms with Gasteiger partial charge in [0, 0.05) is 5.41 Å². The predicted octanol–water partition coefficient (Wildman–Crippen LogP) is 3.37. The van der Waals surface area contributed by atoms with Crippen LogP contribution in [0.25, 0.3) is 0 Å². The number of hydrogen-bond donors (Lipinski definition) is 1. The van der Waals surface area contributed by atoms with Gasteiger partial charge in [0.2, 0.25) is 0 Å². The van der Waals surface area contributed by atoms with Crippen LogP contribution in [0.15, 0.2) is 30.3 Å². The Morgan fingerprint density at radius 2 is 1.80 bits per heavy atom. The molecule has 0 aliphatic carbocycles. The molecule has 0 aromatic heterocycles. The first kappa shape index (κ1) is 12.3. The van der Waals surface area contributed by atoms with E-state index in [9.17, 15) is 5.11 Å². The molecule has 1 N–H and O–H groups in total. The lowest BCUT2D eigenvalue weighted by Gasteiger charge is -2.33. The van der Waals surface area contributed by atoms with Crippen LogP contribution in [-0.4, -0.2) is 11.7 Å². The van der Waals surface area contributed by atoms with Gasteiger partial charge in [0.1, 0.15) is 0 Å². The second-order valence-electron chi connectivity index (χ2n) is 4.76. The van der Waals surface area contributed by atoms with Crippen LogP contribution in [0.5, 0.6) is 0 Å². The third-order valence-electron chi connectivity index (χ3n) is 3.16. The Bertz CT molecular complexity index is 273. The summed E-state index contributed by atoms with van der Waals surface area (Å²) < 4.78 is 0. The number of hydrogen-bond acceptors (Lipinski definition) is 1. The first-order valence-electron chi connectivity index (χ1n) is 5.81. The first-order chi connectivity index (χ1) is 7.14. The van der Waals surface area contributed by atoms with E-state index in [0.717, 1.165) is 12.8 Å². The lowest BCUT2D eigenvalue weighted by atomic mass is 9.73. The van der Waals surface area contributed by atoms with E-state index in [1.165, 1.54) is 5.56 Å². The highest BCUT2D eigenvalue weighted by Crippen LogP contribution is 2.34. The van der Waals surface area contributed by atoms with Gasteiger partial charge in [-0.1, -0.05) is 51.1 Å². The van der Waals surface area contributed by atoms with Crippen LogP contribution in [0.2, 0.25) is 0 Å².